The van der Waals surface area contributed by atoms with E-state index in [1.54, 1.807) is 0 Å². The first kappa shape index (κ1) is 46.1. The second-order valence-electron chi connectivity index (χ2n) is 13.0. The van der Waals surface area contributed by atoms with Gasteiger partial charge in [-0.15, -0.1) is 0 Å². The summed E-state index contributed by atoms with van der Waals surface area (Å²) in [5.41, 5.74) is 3.74. The number of hydrogen-bond donors (Lipinski definition) is 0. The fourth-order valence-corrected chi connectivity index (χ4v) is 11.5. The van der Waals surface area contributed by atoms with Crippen molar-refractivity contribution in [2.24, 2.45) is 0 Å². The number of rotatable bonds is 10. The highest BCUT2D eigenvalue weighted by molar-refractivity contribution is 9.11. The third kappa shape index (κ3) is 11.9. The molecule has 0 unspecified atom stereocenters. The number of halogens is 4. The van der Waals surface area contributed by atoms with Crippen LogP contribution in [0, 0.1) is 0 Å². The summed E-state index contributed by atoms with van der Waals surface area (Å²) >= 11 is 13.2. The molecule has 0 saturated carbocycles. The summed E-state index contributed by atoms with van der Waals surface area (Å²) < 4.78 is 61.7. The Labute approximate surface area is 392 Å². The van der Waals surface area contributed by atoms with E-state index >= 15 is 0 Å². The highest BCUT2D eigenvalue weighted by atomic mass is 79.9. The van der Waals surface area contributed by atoms with Gasteiger partial charge in [-0.3, -0.25) is 9.13 Å². The Bertz CT molecular complexity index is 2540. The van der Waals surface area contributed by atoms with Crippen molar-refractivity contribution in [2.45, 2.75) is 0 Å². The predicted octanol–water partition coefficient (Wildman–Crippen LogP) is 13.7. The molecule has 61 heavy (non-hydrogen) atoms. The smallest absolute Gasteiger partial charge is 0.335 e. The van der Waals surface area contributed by atoms with Crippen molar-refractivity contribution in [1.29, 1.82) is 0 Å². The maximum Gasteiger partial charge on any atom is 0.335 e. The van der Waals surface area contributed by atoms with Gasteiger partial charge >= 0.3 is 26.3 Å². The van der Waals surface area contributed by atoms with Gasteiger partial charge in [-0.05, 0) is 120 Å². The molecule has 0 bridgehead atoms. The minimum absolute atomic E-state index is 0.567. The van der Waals surface area contributed by atoms with Crippen LogP contribution < -0.4 is 30.3 Å². The van der Waals surface area contributed by atoms with E-state index in [9.17, 15) is 9.13 Å². The lowest BCUT2D eigenvalue weighted by molar-refractivity contribution is 0.502. The average Bonchev–Trinajstić information content (AvgIpc) is 3.29. The molecule has 0 aromatic heterocycles. The van der Waals surface area contributed by atoms with Gasteiger partial charge in [0.2, 0.25) is 0 Å². The van der Waals surface area contributed by atoms with Gasteiger partial charge in [0, 0.05) is 29.0 Å². The van der Waals surface area contributed by atoms with Gasteiger partial charge in [-0.1, -0.05) is 161 Å². The Kier molecular flexibility index (Phi) is 16.7. The maximum absolute atomic E-state index is 14.3. The zero-order valence-electron chi connectivity index (χ0n) is 31.9. The Balaban J connectivity index is 0.000000192. The molecule has 0 spiro atoms. The van der Waals surface area contributed by atoms with E-state index in [2.05, 4.69) is 63.7 Å². The third-order valence-electron chi connectivity index (χ3n) is 9.04. The molecular formula is C48H34Br4O6P2S. The van der Waals surface area contributed by atoms with E-state index in [1.165, 1.54) is 0 Å². The van der Waals surface area contributed by atoms with Crippen molar-refractivity contribution in [3.8, 4) is 33.8 Å². The topological polar surface area (TPSA) is 86.7 Å². The van der Waals surface area contributed by atoms with Gasteiger partial charge in [0.05, 0.1) is 21.2 Å². The second-order valence-corrected chi connectivity index (χ2v) is 21.4. The molecule has 13 heteroatoms. The molecule has 0 amide bonds. The molecule has 8 aromatic rings. The van der Waals surface area contributed by atoms with Crippen LogP contribution in [0.2, 0.25) is 0 Å². The SMILES string of the molecule is O=P(Oc1cc(Br)ccc1-c1ccc(Br)cc1)(c1ccccc1)c1ccccc1.O=P(Oc1cc(Br)ccc1-c1ccc(Br)cc1)(c1ccccc1)c1ccccc1.O=S=O. The first-order chi connectivity index (χ1) is 29.5. The van der Waals surface area contributed by atoms with Crippen LogP contribution in [-0.2, 0) is 20.7 Å². The lowest BCUT2D eigenvalue weighted by Crippen LogP contribution is -2.20. The van der Waals surface area contributed by atoms with Crippen LogP contribution in [0.4, 0.5) is 0 Å². The van der Waals surface area contributed by atoms with E-state index in [0.717, 1.165) is 40.1 Å². The molecule has 8 rings (SSSR count). The van der Waals surface area contributed by atoms with Crippen LogP contribution in [0.15, 0.2) is 224 Å². The fourth-order valence-electron chi connectivity index (χ4n) is 6.16. The van der Waals surface area contributed by atoms with E-state index in [1.807, 2.05) is 206 Å². The second kappa shape index (κ2) is 22.1. The van der Waals surface area contributed by atoms with Crippen LogP contribution in [-0.4, -0.2) is 8.42 Å². The Hall–Kier alpha value is -4.44. The molecule has 0 heterocycles. The van der Waals surface area contributed by atoms with E-state index < -0.39 is 26.3 Å². The normalized spacial score (nSPS) is 10.9. The van der Waals surface area contributed by atoms with Crippen LogP contribution in [0.1, 0.15) is 0 Å². The largest absolute Gasteiger partial charge is 0.436 e. The quantitative estimate of drug-likeness (QED) is 0.127. The summed E-state index contributed by atoms with van der Waals surface area (Å²) in [5.74, 6) is 1.13. The van der Waals surface area contributed by atoms with Gasteiger partial charge in [0.15, 0.2) is 0 Å². The first-order valence-corrected chi connectivity index (χ1v) is 25.5. The molecule has 8 aromatic carbocycles. The van der Waals surface area contributed by atoms with E-state index in [4.69, 9.17) is 17.5 Å². The third-order valence-corrected chi connectivity index (χ3v) is 15.9. The molecule has 0 atom stereocenters. The minimum Gasteiger partial charge on any atom is -0.436 e. The Morgan fingerprint density at radius 1 is 0.344 bits per heavy atom. The molecule has 6 nitrogen and oxygen atoms in total. The standard InChI is InChI=1S/2C24H17Br2O2P.O2S/c2*25-19-13-11-18(12-14-19)23-16-15-20(26)17-24(23)28-29(27,21-7-3-1-4-8-21)22-9-5-2-6-10-22;1-3-2/h2*1-17H;. The molecule has 0 N–H and O–H groups in total. The summed E-state index contributed by atoms with van der Waals surface area (Å²) in [7, 11) is -6.71. The highest BCUT2D eigenvalue weighted by Gasteiger charge is 2.32. The molecule has 0 aliphatic rings. The van der Waals surface area contributed by atoms with Crippen molar-refractivity contribution in [1.82, 2.24) is 0 Å². The number of hydrogen-bond acceptors (Lipinski definition) is 6. The Morgan fingerprint density at radius 3 is 0.852 bits per heavy atom. The maximum atomic E-state index is 14.3. The summed E-state index contributed by atoms with van der Waals surface area (Å²) in [5, 5.41) is 2.64. The molecular weight excluding hydrogens is 1090 g/mol. The molecule has 0 radical (unpaired) electrons. The fraction of sp³-hybridized carbons (Fsp3) is 0. The van der Waals surface area contributed by atoms with Gasteiger partial charge < -0.3 is 9.05 Å². The molecule has 0 fully saturated rings. The van der Waals surface area contributed by atoms with Crippen molar-refractivity contribution < 1.29 is 26.6 Å². The molecule has 306 valence electrons. The minimum atomic E-state index is -3.35. The van der Waals surface area contributed by atoms with Crippen LogP contribution in [0.3, 0.4) is 0 Å². The summed E-state index contributed by atoms with van der Waals surface area (Å²) in [6, 6.07) is 65.1. The van der Waals surface area contributed by atoms with E-state index in [-0.39, 0.29) is 0 Å². The van der Waals surface area contributed by atoms with Crippen molar-refractivity contribution in [2.75, 3.05) is 0 Å². The van der Waals surface area contributed by atoms with E-state index in [0.29, 0.717) is 32.7 Å². The van der Waals surface area contributed by atoms with Crippen molar-refractivity contribution in [3.63, 3.8) is 0 Å². The van der Waals surface area contributed by atoms with Crippen LogP contribution in [0.25, 0.3) is 22.3 Å². The monoisotopic (exact) mass is 1120 g/mol. The molecule has 0 aliphatic heterocycles. The first-order valence-electron chi connectivity index (χ1n) is 18.4. The van der Waals surface area contributed by atoms with Gasteiger partial charge in [0.1, 0.15) is 11.5 Å². The summed E-state index contributed by atoms with van der Waals surface area (Å²) in [6.45, 7) is 0. The van der Waals surface area contributed by atoms with Crippen molar-refractivity contribution >= 4 is 111 Å². The van der Waals surface area contributed by atoms with Crippen LogP contribution >= 0.6 is 78.5 Å². The van der Waals surface area contributed by atoms with Gasteiger partial charge in [-0.25, -0.2) is 0 Å². The summed E-state index contributed by atoms with van der Waals surface area (Å²) in [4.78, 5) is 0. The highest BCUT2D eigenvalue weighted by Crippen LogP contribution is 2.50. The lowest BCUT2D eigenvalue weighted by Gasteiger charge is -2.22. The van der Waals surface area contributed by atoms with Crippen molar-refractivity contribution in [3.05, 3.63) is 224 Å². The zero-order valence-corrected chi connectivity index (χ0v) is 40.8. The zero-order chi connectivity index (χ0) is 43.2. The van der Waals surface area contributed by atoms with Gasteiger partial charge in [-0.2, -0.15) is 8.42 Å². The average molecular weight is 1120 g/mol. The lowest BCUT2D eigenvalue weighted by atomic mass is 10.1. The molecule has 0 aliphatic carbocycles. The summed E-state index contributed by atoms with van der Waals surface area (Å²) in [6.07, 6.45) is 0. The predicted molar refractivity (Wildman–Crippen MR) is 264 cm³/mol. The van der Waals surface area contributed by atoms with Gasteiger partial charge in [0.25, 0.3) is 0 Å². The van der Waals surface area contributed by atoms with Crippen LogP contribution in [0.5, 0.6) is 11.5 Å². The number of benzene rings is 8. The molecule has 0 saturated heterocycles. The Morgan fingerprint density at radius 2 is 0.590 bits per heavy atom.